The summed E-state index contributed by atoms with van der Waals surface area (Å²) in [5.74, 6) is 0. The summed E-state index contributed by atoms with van der Waals surface area (Å²) in [7, 11) is -4.49. The maximum Gasteiger partial charge on any atom is 0.473 e. The Morgan fingerprint density at radius 1 is 1.24 bits per heavy atom. The highest BCUT2D eigenvalue weighted by molar-refractivity contribution is 7.47. The van der Waals surface area contributed by atoms with Crippen LogP contribution < -0.4 is 0 Å². The lowest BCUT2D eigenvalue weighted by atomic mass is 10.1. The van der Waals surface area contributed by atoms with Gasteiger partial charge in [0.15, 0.2) is 0 Å². The number of aliphatic hydroxyl groups excluding tert-OH is 2. The second-order valence-electron chi connectivity index (χ2n) is 7.36. The molecule has 0 aromatic heterocycles. The Hall–Kier alpha value is -0.0900. The molecule has 0 aliphatic carbocycles. The first kappa shape index (κ1) is 21.2. The van der Waals surface area contributed by atoms with Crippen LogP contribution in [0.5, 0.6) is 0 Å². The lowest BCUT2D eigenvalue weighted by Crippen LogP contribution is -2.38. The summed E-state index contributed by atoms with van der Waals surface area (Å²) in [5.41, 5.74) is -0.431. The van der Waals surface area contributed by atoms with Crippen LogP contribution in [-0.4, -0.2) is 77.2 Å². The van der Waals surface area contributed by atoms with Crippen molar-refractivity contribution in [1.82, 2.24) is 0 Å². The fourth-order valence-electron chi connectivity index (χ4n) is 2.79. The molecule has 2 aliphatic rings. The molecule has 0 aromatic rings. The Bertz CT molecular complexity index is 480. The van der Waals surface area contributed by atoms with Crippen LogP contribution in [0.2, 0.25) is 0 Å². The van der Waals surface area contributed by atoms with Crippen LogP contribution in [0.25, 0.3) is 0 Å². The van der Waals surface area contributed by atoms with Gasteiger partial charge in [-0.25, -0.2) is 4.57 Å². The van der Waals surface area contributed by atoms with E-state index in [0.29, 0.717) is 13.0 Å². The van der Waals surface area contributed by atoms with Crippen LogP contribution in [-0.2, 0) is 27.8 Å². The number of phosphoric acid groups is 1. The predicted molar refractivity (Wildman–Crippen MR) is 87.1 cm³/mol. The molecule has 0 bridgehead atoms. The van der Waals surface area contributed by atoms with Gasteiger partial charge >= 0.3 is 7.82 Å². The van der Waals surface area contributed by atoms with Gasteiger partial charge in [-0.1, -0.05) is 0 Å². The van der Waals surface area contributed by atoms with E-state index >= 15 is 0 Å². The van der Waals surface area contributed by atoms with Gasteiger partial charge in [-0.2, -0.15) is 0 Å². The summed E-state index contributed by atoms with van der Waals surface area (Å²) in [6.45, 7) is 7.35. The molecule has 2 fully saturated rings. The first-order chi connectivity index (χ1) is 11.5. The molecule has 148 valence electrons. The molecule has 2 rings (SSSR count). The highest BCUT2D eigenvalue weighted by Crippen LogP contribution is 2.50. The first-order valence-corrected chi connectivity index (χ1v) is 9.91. The van der Waals surface area contributed by atoms with E-state index < -0.39 is 50.0 Å². The molecule has 0 spiro atoms. The minimum atomic E-state index is -4.49. The topological polar surface area (TPSA) is 124 Å². The van der Waals surface area contributed by atoms with Crippen molar-refractivity contribution in [2.45, 2.75) is 76.3 Å². The van der Waals surface area contributed by atoms with Crippen LogP contribution in [0.3, 0.4) is 0 Å². The molecular formula is C15H29O9P. The third-order valence-electron chi connectivity index (χ3n) is 4.11. The molecule has 0 aromatic carbocycles. The fraction of sp³-hybridized carbons (Fsp3) is 1.00. The van der Waals surface area contributed by atoms with Crippen LogP contribution in [0.4, 0.5) is 0 Å². The Morgan fingerprint density at radius 3 is 2.52 bits per heavy atom. The Kier molecular flexibility index (Phi) is 7.03. The van der Waals surface area contributed by atoms with Crippen molar-refractivity contribution in [3.63, 3.8) is 0 Å². The molecule has 7 atom stereocenters. The van der Waals surface area contributed by atoms with Crippen LogP contribution >= 0.6 is 7.82 Å². The molecule has 2 heterocycles. The van der Waals surface area contributed by atoms with Gasteiger partial charge in [0, 0.05) is 13.0 Å². The molecule has 25 heavy (non-hydrogen) atoms. The molecule has 0 radical (unpaired) electrons. The van der Waals surface area contributed by atoms with Crippen molar-refractivity contribution >= 4 is 7.82 Å². The Morgan fingerprint density at radius 2 is 1.92 bits per heavy atom. The van der Waals surface area contributed by atoms with E-state index in [4.69, 9.17) is 23.3 Å². The normalized spacial score (nSPS) is 38.8. The summed E-state index contributed by atoms with van der Waals surface area (Å²) in [6, 6.07) is 0. The zero-order valence-electron chi connectivity index (χ0n) is 15.0. The first-order valence-electron chi connectivity index (χ1n) is 8.42. The van der Waals surface area contributed by atoms with E-state index in [1.807, 2.05) is 20.8 Å². The standard InChI is InChI=1S/C15H29O9P/c1-9-13(17)14(12(22-9)8-21-15(2,3)4)24-25(18,19)23-10-5-6-20-11(10)7-16/h9-14,16-17H,5-8H2,1-4H3,(H,18,19)/t9-,10?,11+,12+,13+,14?/m0/s1. The second kappa shape index (κ2) is 8.29. The smallest absolute Gasteiger partial charge is 0.394 e. The molecule has 2 aliphatic heterocycles. The van der Waals surface area contributed by atoms with E-state index in [1.165, 1.54) is 0 Å². The van der Waals surface area contributed by atoms with Crippen molar-refractivity contribution in [3.8, 4) is 0 Å². The minimum Gasteiger partial charge on any atom is -0.394 e. The largest absolute Gasteiger partial charge is 0.473 e. The maximum absolute atomic E-state index is 12.4. The van der Waals surface area contributed by atoms with Crippen molar-refractivity contribution in [2.24, 2.45) is 0 Å². The highest BCUT2D eigenvalue weighted by Gasteiger charge is 2.47. The van der Waals surface area contributed by atoms with Gasteiger partial charge in [-0.05, 0) is 27.7 Å². The quantitative estimate of drug-likeness (QED) is 0.541. The molecule has 3 N–H and O–H groups in total. The zero-order chi connectivity index (χ0) is 18.8. The fourth-order valence-corrected chi connectivity index (χ4v) is 3.99. The monoisotopic (exact) mass is 384 g/mol. The summed E-state index contributed by atoms with van der Waals surface area (Å²) in [6.07, 6.45) is -4.49. The van der Waals surface area contributed by atoms with Crippen LogP contribution in [0, 0.1) is 0 Å². The molecule has 0 amide bonds. The lowest BCUT2D eigenvalue weighted by molar-refractivity contribution is -0.0876. The number of phosphoric ester groups is 1. The van der Waals surface area contributed by atoms with Crippen LogP contribution in [0.15, 0.2) is 0 Å². The minimum absolute atomic E-state index is 0.0986. The van der Waals surface area contributed by atoms with Gasteiger partial charge in [0.05, 0.1) is 24.9 Å². The van der Waals surface area contributed by atoms with E-state index in [9.17, 15) is 19.7 Å². The number of ether oxygens (including phenoxy) is 3. The number of aliphatic hydroxyl groups is 2. The number of hydrogen-bond acceptors (Lipinski definition) is 8. The maximum atomic E-state index is 12.4. The van der Waals surface area contributed by atoms with E-state index in [2.05, 4.69) is 0 Å². The van der Waals surface area contributed by atoms with Gasteiger partial charge in [-0.3, -0.25) is 9.05 Å². The van der Waals surface area contributed by atoms with Gasteiger partial charge in [0.2, 0.25) is 0 Å². The van der Waals surface area contributed by atoms with Crippen molar-refractivity contribution in [1.29, 1.82) is 0 Å². The van der Waals surface area contributed by atoms with Gasteiger partial charge in [0.25, 0.3) is 0 Å². The van der Waals surface area contributed by atoms with E-state index in [-0.39, 0.29) is 13.2 Å². The molecule has 2 saturated heterocycles. The van der Waals surface area contributed by atoms with Crippen molar-refractivity contribution < 1.29 is 42.9 Å². The second-order valence-corrected chi connectivity index (χ2v) is 8.72. The molecule has 10 heteroatoms. The third kappa shape index (κ3) is 5.95. The highest BCUT2D eigenvalue weighted by atomic mass is 31.2. The lowest BCUT2D eigenvalue weighted by Gasteiger charge is -2.27. The van der Waals surface area contributed by atoms with E-state index in [0.717, 1.165) is 0 Å². The van der Waals surface area contributed by atoms with Crippen LogP contribution in [0.1, 0.15) is 34.1 Å². The Balaban J connectivity index is 1.99. The zero-order valence-corrected chi connectivity index (χ0v) is 15.9. The molecule has 0 saturated carbocycles. The average Bonchev–Trinajstić information content (AvgIpc) is 3.03. The molecule has 9 nitrogen and oxygen atoms in total. The van der Waals surface area contributed by atoms with Gasteiger partial charge < -0.3 is 29.3 Å². The SMILES string of the molecule is C[C@@H]1O[C@H](COC(C)(C)C)C(OP(=O)(O)OC2CCO[C@@H]2CO)[C@@H]1O. The van der Waals surface area contributed by atoms with E-state index in [1.54, 1.807) is 6.92 Å². The van der Waals surface area contributed by atoms with Gasteiger partial charge in [-0.15, -0.1) is 0 Å². The summed E-state index contributed by atoms with van der Waals surface area (Å²) in [4.78, 5) is 10.1. The number of rotatable bonds is 7. The Labute approximate surface area is 147 Å². The third-order valence-corrected chi connectivity index (χ3v) is 5.15. The average molecular weight is 384 g/mol. The number of hydrogen-bond donors (Lipinski definition) is 3. The molecule has 3 unspecified atom stereocenters. The predicted octanol–water partition coefficient (Wildman–Crippen LogP) is 0.602. The van der Waals surface area contributed by atoms with Gasteiger partial charge in [0.1, 0.15) is 30.5 Å². The van der Waals surface area contributed by atoms with Crippen molar-refractivity contribution in [3.05, 3.63) is 0 Å². The molecular weight excluding hydrogens is 355 g/mol. The van der Waals surface area contributed by atoms with Crippen molar-refractivity contribution in [2.75, 3.05) is 19.8 Å². The summed E-state index contributed by atoms with van der Waals surface area (Å²) >= 11 is 0. The summed E-state index contributed by atoms with van der Waals surface area (Å²) < 4.78 is 39.1. The summed E-state index contributed by atoms with van der Waals surface area (Å²) in [5, 5.41) is 19.4.